The molecular formula is C14H28N3O2+. The predicted octanol–water partition coefficient (Wildman–Crippen LogP) is 0.460. The van der Waals surface area contributed by atoms with Crippen molar-refractivity contribution in [3.8, 4) is 0 Å². The summed E-state index contributed by atoms with van der Waals surface area (Å²) in [5.41, 5.74) is -0.322. The van der Waals surface area contributed by atoms with E-state index in [2.05, 4.69) is 10.6 Å². The van der Waals surface area contributed by atoms with E-state index in [1.54, 1.807) is 0 Å². The molecule has 0 aromatic carbocycles. The third kappa shape index (κ3) is 7.82. The van der Waals surface area contributed by atoms with Crippen molar-refractivity contribution in [3.63, 3.8) is 0 Å². The van der Waals surface area contributed by atoms with Crippen LogP contribution in [0.5, 0.6) is 0 Å². The summed E-state index contributed by atoms with van der Waals surface area (Å²) in [5.74, 6) is -0.183. The number of hydrogen-bond acceptors (Lipinski definition) is 2. The summed E-state index contributed by atoms with van der Waals surface area (Å²) in [6, 6.07) is -0.399. The molecule has 0 unspecified atom stereocenters. The second kappa shape index (κ2) is 7.48. The van der Waals surface area contributed by atoms with Gasteiger partial charge in [-0.1, -0.05) is 6.42 Å². The Balaban J connectivity index is 2.31. The molecule has 3 N–H and O–H groups in total. The maximum absolute atomic E-state index is 11.8. The summed E-state index contributed by atoms with van der Waals surface area (Å²) in [7, 11) is 0. The van der Waals surface area contributed by atoms with Crippen molar-refractivity contribution in [2.45, 2.75) is 58.4 Å². The van der Waals surface area contributed by atoms with Gasteiger partial charge in [0.2, 0.25) is 0 Å². The molecule has 0 atom stereocenters. The summed E-state index contributed by atoms with van der Waals surface area (Å²) < 4.78 is 0. The van der Waals surface area contributed by atoms with E-state index in [1.165, 1.54) is 37.0 Å². The van der Waals surface area contributed by atoms with Gasteiger partial charge >= 0.3 is 6.03 Å². The Kier molecular flexibility index (Phi) is 6.28. The summed E-state index contributed by atoms with van der Waals surface area (Å²) in [6.45, 7) is 8.14. The molecule has 5 nitrogen and oxygen atoms in total. The highest BCUT2D eigenvalue weighted by Gasteiger charge is 2.19. The molecule has 1 rings (SSSR count). The Morgan fingerprint density at radius 2 is 1.53 bits per heavy atom. The SMILES string of the molecule is CC(C)(C)NC(=O)NC(=O)C[NH+]1CCCCCCC1. The number of urea groups is 1. The molecule has 19 heavy (non-hydrogen) atoms. The zero-order chi connectivity index (χ0) is 14.3. The van der Waals surface area contributed by atoms with Crippen molar-refractivity contribution >= 4 is 11.9 Å². The standard InChI is InChI=1S/C14H27N3O2/c1-14(2,3)16-13(19)15-12(18)11-17-9-7-5-4-6-8-10-17/h4-11H2,1-3H3,(H2,15,16,18,19)/p+1. The first kappa shape index (κ1) is 16.0. The van der Waals surface area contributed by atoms with Crippen LogP contribution in [0.4, 0.5) is 4.79 Å². The van der Waals surface area contributed by atoms with E-state index >= 15 is 0 Å². The Labute approximate surface area is 116 Å². The van der Waals surface area contributed by atoms with E-state index in [9.17, 15) is 9.59 Å². The summed E-state index contributed by atoms with van der Waals surface area (Å²) >= 11 is 0. The molecule has 1 fully saturated rings. The van der Waals surface area contributed by atoms with Crippen molar-refractivity contribution in [2.75, 3.05) is 19.6 Å². The van der Waals surface area contributed by atoms with Crippen molar-refractivity contribution in [3.05, 3.63) is 0 Å². The van der Waals surface area contributed by atoms with E-state index in [4.69, 9.17) is 0 Å². The zero-order valence-electron chi connectivity index (χ0n) is 12.5. The van der Waals surface area contributed by atoms with Crippen LogP contribution >= 0.6 is 0 Å². The van der Waals surface area contributed by atoms with E-state index in [0.29, 0.717) is 6.54 Å². The van der Waals surface area contributed by atoms with E-state index in [0.717, 1.165) is 13.1 Å². The molecule has 0 aliphatic carbocycles. The van der Waals surface area contributed by atoms with Crippen molar-refractivity contribution < 1.29 is 14.5 Å². The highest BCUT2D eigenvalue weighted by Crippen LogP contribution is 2.02. The van der Waals surface area contributed by atoms with Crippen LogP contribution in [0, 0.1) is 0 Å². The molecule has 0 radical (unpaired) electrons. The van der Waals surface area contributed by atoms with Gasteiger partial charge in [0.1, 0.15) is 0 Å². The molecule has 1 saturated heterocycles. The minimum Gasteiger partial charge on any atom is -0.333 e. The van der Waals surface area contributed by atoms with Gasteiger partial charge < -0.3 is 10.2 Å². The third-order valence-corrected chi connectivity index (χ3v) is 3.21. The average Bonchev–Trinajstić information content (AvgIpc) is 2.18. The molecular weight excluding hydrogens is 242 g/mol. The molecule has 0 aromatic rings. The van der Waals surface area contributed by atoms with Crippen LogP contribution in [0.1, 0.15) is 52.9 Å². The number of nitrogens with one attached hydrogen (secondary N) is 3. The van der Waals surface area contributed by atoms with Gasteiger partial charge in [-0.3, -0.25) is 10.1 Å². The van der Waals surface area contributed by atoms with E-state index in [1.807, 2.05) is 20.8 Å². The molecule has 3 amide bonds. The van der Waals surface area contributed by atoms with Gasteiger partial charge in [-0.05, 0) is 46.5 Å². The highest BCUT2D eigenvalue weighted by molar-refractivity contribution is 5.94. The monoisotopic (exact) mass is 270 g/mol. The smallest absolute Gasteiger partial charge is 0.322 e. The summed E-state index contributed by atoms with van der Waals surface area (Å²) in [5, 5.41) is 5.14. The maximum Gasteiger partial charge on any atom is 0.322 e. The number of hydrogen-bond donors (Lipinski definition) is 3. The molecule has 1 aliphatic rings. The molecule has 0 saturated carbocycles. The average molecular weight is 270 g/mol. The van der Waals surface area contributed by atoms with Crippen LogP contribution in [0.3, 0.4) is 0 Å². The molecule has 0 bridgehead atoms. The molecule has 1 heterocycles. The highest BCUT2D eigenvalue weighted by atomic mass is 16.2. The second-order valence-electron chi connectivity index (χ2n) is 6.45. The fourth-order valence-corrected chi connectivity index (χ4v) is 2.35. The van der Waals surface area contributed by atoms with Crippen LogP contribution in [0.25, 0.3) is 0 Å². The number of imide groups is 1. The van der Waals surface area contributed by atoms with Crippen molar-refractivity contribution in [1.82, 2.24) is 10.6 Å². The quantitative estimate of drug-likeness (QED) is 0.682. The topological polar surface area (TPSA) is 62.6 Å². The lowest BCUT2D eigenvalue weighted by Gasteiger charge is -2.22. The Morgan fingerprint density at radius 1 is 1.00 bits per heavy atom. The molecule has 5 heteroatoms. The lowest BCUT2D eigenvalue weighted by molar-refractivity contribution is -0.893. The Bertz CT molecular complexity index is 302. The van der Waals surface area contributed by atoms with E-state index in [-0.39, 0.29) is 11.4 Å². The number of carbonyl (C=O) groups excluding carboxylic acids is 2. The van der Waals surface area contributed by atoms with Gasteiger partial charge in [-0.15, -0.1) is 0 Å². The van der Waals surface area contributed by atoms with Gasteiger partial charge in [-0.2, -0.15) is 0 Å². The minimum atomic E-state index is -0.399. The van der Waals surface area contributed by atoms with Crippen LogP contribution in [0.2, 0.25) is 0 Å². The van der Waals surface area contributed by atoms with Crippen LogP contribution in [0.15, 0.2) is 0 Å². The fraction of sp³-hybridized carbons (Fsp3) is 0.857. The second-order valence-corrected chi connectivity index (χ2v) is 6.45. The first-order valence-corrected chi connectivity index (χ1v) is 7.32. The minimum absolute atomic E-state index is 0.183. The number of quaternary nitrogens is 1. The van der Waals surface area contributed by atoms with Crippen molar-refractivity contribution in [2.24, 2.45) is 0 Å². The van der Waals surface area contributed by atoms with Crippen LogP contribution in [-0.4, -0.2) is 37.1 Å². The van der Waals surface area contributed by atoms with Gasteiger partial charge in [0, 0.05) is 5.54 Å². The number of carbonyl (C=O) groups is 2. The summed E-state index contributed by atoms with van der Waals surface area (Å²) in [4.78, 5) is 24.7. The van der Waals surface area contributed by atoms with Gasteiger partial charge in [0.15, 0.2) is 6.54 Å². The van der Waals surface area contributed by atoms with Crippen LogP contribution < -0.4 is 15.5 Å². The normalized spacial score (nSPS) is 18.3. The third-order valence-electron chi connectivity index (χ3n) is 3.21. The zero-order valence-corrected chi connectivity index (χ0v) is 12.5. The van der Waals surface area contributed by atoms with E-state index < -0.39 is 6.03 Å². The van der Waals surface area contributed by atoms with Gasteiger partial charge in [0.25, 0.3) is 5.91 Å². The molecule has 0 aromatic heterocycles. The Morgan fingerprint density at radius 3 is 2.05 bits per heavy atom. The largest absolute Gasteiger partial charge is 0.333 e. The molecule has 110 valence electrons. The molecule has 0 spiro atoms. The number of rotatable bonds is 2. The van der Waals surface area contributed by atoms with Gasteiger partial charge in [0.05, 0.1) is 13.1 Å². The van der Waals surface area contributed by atoms with Crippen LogP contribution in [-0.2, 0) is 4.79 Å². The lowest BCUT2D eigenvalue weighted by Crippen LogP contribution is -3.13. The van der Waals surface area contributed by atoms with Gasteiger partial charge in [-0.25, -0.2) is 4.79 Å². The number of likely N-dealkylation sites (tertiary alicyclic amines) is 1. The Hall–Kier alpha value is -1.10. The molecule has 1 aliphatic heterocycles. The maximum atomic E-state index is 11.8. The number of amides is 3. The predicted molar refractivity (Wildman–Crippen MR) is 75.1 cm³/mol. The lowest BCUT2D eigenvalue weighted by atomic mass is 10.1. The fourth-order valence-electron chi connectivity index (χ4n) is 2.35. The first-order chi connectivity index (χ1) is 8.87. The van der Waals surface area contributed by atoms with Crippen molar-refractivity contribution in [1.29, 1.82) is 0 Å². The first-order valence-electron chi connectivity index (χ1n) is 7.32. The summed E-state index contributed by atoms with van der Waals surface area (Å²) in [6.07, 6.45) is 6.19.